The third-order valence-electron chi connectivity index (χ3n) is 2.96. The number of nitrogens with one attached hydrogen (secondary N) is 2. The molecule has 120 valence electrons. The first-order chi connectivity index (χ1) is 10.8. The van der Waals surface area contributed by atoms with E-state index < -0.39 is 10.0 Å². The predicted molar refractivity (Wildman–Crippen MR) is 94.4 cm³/mol. The molecule has 0 heterocycles. The number of thiol groups is 1. The molecule has 5 nitrogen and oxygen atoms in total. The number of hydrogen-bond acceptors (Lipinski definition) is 4. The van der Waals surface area contributed by atoms with E-state index in [4.69, 9.17) is 0 Å². The second-order valence-corrected chi connectivity index (χ2v) is 7.05. The zero-order valence-corrected chi connectivity index (χ0v) is 14.1. The van der Waals surface area contributed by atoms with Gasteiger partial charge in [-0.15, -0.1) is 12.6 Å². The molecule has 7 heteroatoms. The molecule has 1 amide bonds. The van der Waals surface area contributed by atoms with Crippen molar-refractivity contribution in [3.63, 3.8) is 0 Å². The summed E-state index contributed by atoms with van der Waals surface area (Å²) < 4.78 is 27.2. The van der Waals surface area contributed by atoms with E-state index in [1.165, 1.54) is 24.3 Å². The summed E-state index contributed by atoms with van der Waals surface area (Å²) in [5, 5.41) is 2.61. The quantitative estimate of drug-likeness (QED) is 0.573. The van der Waals surface area contributed by atoms with E-state index in [0.29, 0.717) is 21.8 Å². The molecule has 0 aliphatic heterocycles. The molecular weight excluding hydrogens is 332 g/mol. The second-order valence-electron chi connectivity index (χ2n) is 4.88. The van der Waals surface area contributed by atoms with Crippen LogP contribution in [0.4, 0.5) is 11.4 Å². The Hall–Kier alpha value is -2.25. The molecule has 0 saturated carbocycles. The molecule has 0 spiro atoms. The summed E-state index contributed by atoms with van der Waals surface area (Å²) in [6, 6.07) is 12.7. The first kappa shape index (κ1) is 17.1. The van der Waals surface area contributed by atoms with Crippen molar-refractivity contribution in [3.8, 4) is 0 Å². The first-order valence-electron chi connectivity index (χ1n) is 6.67. The molecule has 2 aromatic rings. The lowest BCUT2D eigenvalue weighted by molar-refractivity contribution is -0.112. The molecular formula is C16H16N2O3S2. The summed E-state index contributed by atoms with van der Waals surface area (Å²) in [4.78, 5) is 12.1. The van der Waals surface area contributed by atoms with Gasteiger partial charge in [0.15, 0.2) is 0 Å². The van der Waals surface area contributed by atoms with Crippen LogP contribution in [0.15, 0.2) is 70.5 Å². The molecule has 0 saturated heterocycles. The van der Waals surface area contributed by atoms with Crippen molar-refractivity contribution in [1.82, 2.24) is 0 Å². The van der Waals surface area contributed by atoms with Crippen molar-refractivity contribution < 1.29 is 13.2 Å². The van der Waals surface area contributed by atoms with Crippen molar-refractivity contribution in [2.75, 3.05) is 10.0 Å². The smallest absolute Gasteiger partial charge is 0.261 e. The van der Waals surface area contributed by atoms with E-state index in [9.17, 15) is 13.2 Å². The molecule has 0 fully saturated rings. The summed E-state index contributed by atoms with van der Waals surface area (Å²) in [5.41, 5.74) is 1.26. The van der Waals surface area contributed by atoms with Crippen molar-refractivity contribution >= 4 is 39.9 Å². The van der Waals surface area contributed by atoms with E-state index in [1.807, 2.05) is 0 Å². The van der Waals surface area contributed by atoms with Gasteiger partial charge in [-0.1, -0.05) is 18.7 Å². The normalized spacial score (nSPS) is 10.9. The number of sulfonamides is 1. The van der Waals surface area contributed by atoms with Gasteiger partial charge in [0.1, 0.15) is 0 Å². The summed E-state index contributed by atoms with van der Waals surface area (Å²) in [6.07, 6.45) is 0. The number of carbonyl (C=O) groups is 1. The number of amides is 1. The maximum absolute atomic E-state index is 12.3. The number of hydrogen-bond donors (Lipinski definition) is 3. The van der Waals surface area contributed by atoms with Crippen LogP contribution in [0, 0.1) is 0 Å². The van der Waals surface area contributed by atoms with Gasteiger partial charge in [-0.3, -0.25) is 9.52 Å². The van der Waals surface area contributed by atoms with Gasteiger partial charge in [0.2, 0.25) is 0 Å². The zero-order chi connectivity index (χ0) is 17.0. The largest absolute Gasteiger partial charge is 0.322 e. The topological polar surface area (TPSA) is 75.3 Å². The molecule has 0 bridgehead atoms. The van der Waals surface area contributed by atoms with Crippen LogP contribution in [-0.4, -0.2) is 14.3 Å². The van der Waals surface area contributed by atoms with E-state index in [-0.39, 0.29) is 10.8 Å². The van der Waals surface area contributed by atoms with Crippen LogP contribution in [0.2, 0.25) is 0 Å². The molecule has 0 atom stereocenters. The molecule has 0 unspecified atom stereocenters. The van der Waals surface area contributed by atoms with E-state index >= 15 is 0 Å². The Morgan fingerprint density at radius 2 is 1.70 bits per heavy atom. The van der Waals surface area contributed by atoms with Crippen molar-refractivity contribution in [1.29, 1.82) is 0 Å². The predicted octanol–water partition coefficient (Wildman–Crippen LogP) is 3.29. The lowest BCUT2D eigenvalue weighted by Gasteiger charge is -2.11. The Labute approximate surface area is 140 Å². The fraction of sp³-hybridized carbons (Fsp3) is 0.0625. The Morgan fingerprint density at radius 3 is 2.26 bits per heavy atom. The number of carbonyl (C=O) groups excluding carboxylic acids is 1. The van der Waals surface area contributed by atoms with Gasteiger partial charge in [0.05, 0.1) is 10.6 Å². The highest BCUT2D eigenvalue weighted by Crippen LogP contribution is 2.23. The Balaban J connectivity index is 2.19. The van der Waals surface area contributed by atoms with E-state index in [1.54, 1.807) is 31.2 Å². The van der Waals surface area contributed by atoms with Crippen LogP contribution < -0.4 is 10.0 Å². The van der Waals surface area contributed by atoms with Gasteiger partial charge >= 0.3 is 0 Å². The van der Waals surface area contributed by atoms with Gasteiger partial charge in [0, 0.05) is 16.2 Å². The Morgan fingerprint density at radius 1 is 1.09 bits per heavy atom. The van der Waals surface area contributed by atoms with Crippen LogP contribution in [-0.2, 0) is 14.8 Å². The van der Waals surface area contributed by atoms with Gasteiger partial charge in [0.25, 0.3) is 15.9 Å². The molecule has 0 aromatic heterocycles. The number of para-hydroxylation sites is 1. The molecule has 2 rings (SSSR count). The Bertz CT molecular complexity index is 844. The highest BCUT2D eigenvalue weighted by molar-refractivity contribution is 7.92. The van der Waals surface area contributed by atoms with Crippen LogP contribution in [0.3, 0.4) is 0 Å². The molecule has 23 heavy (non-hydrogen) atoms. The second kappa shape index (κ2) is 6.89. The van der Waals surface area contributed by atoms with E-state index in [0.717, 1.165) is 0 Å². The van der Waals surface area contributed by atoms with Gasteiger partial charge in [-0.25, -0.2) is 8.42 Å². The molecule has 0 aliphatic rings. The summed E-state index contributed by atoms with van der Waals surface area (Å²) in [5.74, 6) is -0.317. The minimum atomic E-state index is -3.73. The maximum atomic E-state index is 12.3. The third-order valence-corrected chi connectivity index (χ3v) is 4.73. The summed E-state index contributed by atoms with van der Waals surface area (Å²) >= 11 is 4.21. The maximum Gasteiger partial charge on any atom is 0.261 e. The van der Waals surface area contributed by atoms with Crippen LogP contribution in [0.1, 0.15) is 6.92 Å². The van der Waals surface area contributed by atoms with Crippen LogP contribution in [0.25, 0.3) is 0 Å². The molecule has 0 aliphatic carbocycles. The molecule has 0 radical (unpaired) electrons. The lowest BCUT2D eigenvalue weighted by atomic mass is 10.3. The average molecular weight is 348 g/mol. The Kier molecular flexibility index (Phi) is 5.12. The van der Waals surface area contributed by atoms with Crippen molar-refractivity contribution in [3.05, 3.63) is 60.7 Å². The minimum Gasteiger partial charge on any atom is -0.322 e. The fourth-order valence-corrected chi connectivity index (χ4v) is 3.09. The van der Waals surface area contributed by atoms with Crippen LogP contribution in [0.5, 0.6) is 0 Å². The monoisotopic (exact) mass is 348 g/mol. The van der Waals surface area contributed by atoms with Crippen molar-refractivity contribution in [2.45, 2.75) is 16.7 Å². The third kappa shape index (κ3) is 4.37. The summed E-state index contributed by atoms with van der Waals surface area (Å²) in [7, 11) is -3.73. The van der Waals surface area contributed by atoms with Crippen molar-refractivity contribution in [2.24, 2.45) is 0 Å². The van der Waals surface area contributed by atoms with Gasteiger partial charge in [-0.2, -0.15) is 0 Å². The van der Waals surface area contributed by atoms with Gasteiger partial charge in [-0.05, 0) is 43.3 Å². The summed E-state index contributed by atoms with van der Waals surface area (Å²) in [6.45, 7) is 5.13. The van der Waals surface area contributed by atoms with E-state index in [2.05, 4.69) is 29.2 Å². The van der Waals surface area contributed by atoms with Gasteiger partial charge < -0.3 is 5.32 Å². The standard InChI is InChI=1S/C16H16N2O3S2/c1-11(2)16(19)17-12-7-9-13(10-8-12)23(20,21)18-14-5-3-4-6-15(14)22/h3-10,18,22H,1H2,2H3,(H,17,19). The SMILES string of the molecule is C=C(C)C(=O)Nc1ccc(S(=O)(=O)Nc2ccccc2S)cc1. The molecule has 2 N–H and O–H groups in total. The molecule has 2 aromatic carbocycles. The van der Waals surface area contributed by atoms with Crippen LogP contribution >= 0.6 is 12.6 Å². The lowest BCUT2D eigenvalue weighted by Crippen LogP contribution is -2.14. The number of benzene rings is 2. The average Bonchev–Trinajstić information content (AvgIpc) is 2.50. The number of anilines is 2. The fourth-order valence-electron chi connectivity index (χ4n) is 1.72. The zero-order valence-electron chi connectivity index (χ0n) is 12.4. The minimum absolute atomic E-state index is 0.0856. The highest BCUT2D eigenvalue weighted by Gasteiger charge is 2.15. The first-order valence-corrected chi connectivity index (χ1v) is 8.60. The number of rotatable bonds is 5. The highest BCUT2D eigenvalue weighted by atomic mass is 32.2.